The van der Waals surface area contributed by atoms with Gasteiger partial charge in [0.15, 0.2) is 0 Å². The van der Waals surface area contributed by atoms with E-state index in [1.165, 1.54) is 56.9 Å². The molecular weight excluding hydrogens is 552 g/mol. The van der Waals surface area contributed by atoms with Gasteiger partial charge in [-0.25, -0.2) is 0 Å². The number of hydrogen-bond acceptors (Lipinski definition) is 2. The van der Waals surface area contributed by atoms with Crippen molar-refractivity contribution in [1.82, 2.24) is 10.2 Å². The van der Waals surface area contributed by atoms with Crippen molar-refractivity contribution >= 4 is 11.8 Å². The molecule has 1 heterocycles. The molecule has 0 bridgehead atoms. The molecule has 6 aliphatic carbocycles. The van der Waals surface area contributed by atoms with E-state index in [2.05, 4.69) is 72.2 Å². The molecule has 1 N–H and O–H groups in total. The first kappa shape index (κ1) is 32.2. The molecule has 7 fully saturated rings. The molecule has 7 aliphatic rings. The van der Waals surface area contributed by atoms with Crippen LogP contribution in [0, 0.1) is 68.0 Å². The minimum atomic E-state index is -0.287. The van der Waals surface area contributed by atoms with E-state index in [1.54, 1.807) is 0 Å². The highest BCUT2D eigenvalue weighted by molar-refractivity contribution is 5.86. The van der Waals surface area contributed by atoms with Crippen LogP contribution in [0.4, 0.5) is 0 Å². The highest BCUT2D eigenvalue weighted by Crippen LogP contribution is 2.77. The molecule has 0 radical (unpaired) electrons. The Kier molecular flexibility index (Phi) is 7.41. The monoisotopic (exact) mass is 619 g/mol. The number of amides is 2. The van der Waals surface area contributed by atoms with Crippen LogP contribution < -0.4 is 5.32 Å². The third kappa shape index (κ3) is 4.27. The average Bonchev–Trinajstić information content (AvgIpc) is 3.64. The number of carbonyl (C=O) groups is 2. The van der Waals surface area contributed by atoms with Gasteiger partial charge in [-0.3, -0.25) is 9.59 Å². The lowest BCUT2D eigenvalue weighted by Crippen LogP contribution is -2.68. The SMILES string of the molecule is C=C(C)[C@@H]1CC[C@]2(C(=O)N[C@@H]3C[C@H](C(=O)N4CCCC4)C3(C)C)CC[C@]3(C)[C@H](CC[C@@H]4[C@]5(C)CCCC(C)(C)[C@H]5CC[C@]43C)[C@@H]12. The zero-order valence-electron chi connectivity index (χ0n) is 30.3. The summed E-state index contributed by atoms with van der Waals surface area (Å²) in [5.41, 5.74) is 2.32. The number of rotatable bonds is 4. The first-order valence-corrected chi connectivity index (χ1v) is 19.3. The van der Waals surface area contributed by atoms with Gasteiger partial charge in [0.1, 0.15) is 0 Å². The zero-order valence-corrected chi connectivity index (χ0v) is 30.3. The molecule has 7 rings (SSSR count). The van der Waals surface area contributed by atoms with Crippen LogP contribution in [-0.4, -0.2) is 35.8 Å². The smallest absolute Gasteiger partial charge is 0.226 e. The van der Waals surface area contributed by atoms with Crippen LogP contribution >= 0.6 is 0 Å². The lowest BCUT2D eigenvalue weighted by Gasteiger charge is -2.72. The van der Waals surface area contributed by atoms with Crippen LogP contribution in [0.25, 0.3) is 0 Å². The lowest BCUT2D eigenvalue weighted by molar-refractivity contribution is -0.235. The van der Waals surface area contributed by atoms with Crippen molar-refractivity contribution in [2.24, 2.45) is 68.0 Å². The molecule has 0 aromatic rings. The summed E-state index contributed by atoms with van der Waals surface area (Å²) in [6, 6.07) is 0.0897. The molecule has 0 aromatic heterocycles. The molecule has 45 heavy (non-hydrogen) atoms. The molecule has 11 atom stereocenters. The van der Waals surface area contributed by atoms with Gasteiger partial charge in [0, 0.05) is 25.0 Å². The third-order valence-electron chi connectivity index (χ3n) is 17.6. The standard InChI is InChI=1S/C41H66N2O2/c1-26(2)27-15-20-41(35(45)42-32-25-29(37(32,5)6)34(44)43-23-10-11-24-43)22-21-39(8)28(33(27)41)13-14-31-38(7)18-12-17-36(3,4)30(38)16-19-40(31,39)9/h27-33H,1,10-25H2,2-9H3,(H,42,45)/t27-,28+,29+,30+,31+,32+,33+,38+,39+,40+,41-/m0/s1. The summed E-state index contributed by atoms with van der Waals surface area (Å²) in [6.07, 6.45) is 16.9. The van der Waals surface area contributed by atoms with Crippen LogP contribution in [-0.2, 0) is 9.59 Å². The van der Waals surface area contributed by atoms with Crippen molar-refractivity contribution in [2.45, 2.75) is 151 Å². The van der Waals surface area contributed by atoms with Crippen LogP contribution in [0.5, 0.6) is 0 Å². The first-order chi connectivity index (χ1) is 21.0. The fraction of sp³-hybridized carbons (Fsp3) is 0.902. The molecule has 252 valence electrons. The molecule has 2 amide bonds. The van der Waals surface area contributed by atoms with Gasteiger partial charge < -0.3 is 10.2 Å². The summed E-state index contributed by atoms with van der Waals surface area (Å²) in [5.74, 6) is 3.73. The van der Waals surface area contributed by atoms with E-state index in [0.29, 0.717) is 45.8 Å². The number of allylic oxidation sites excluding steroid dienone is 1. The van der Waals surface area contributed by atoms with E-state index in [4.69, 9.17) is 0 Å². The second-order valence-electron chi connectivity index (χ2n) is 19.9. The van der Waals surface area contributed by atoms with Crippen LogP contribution in [0.1, 0.15) is 145 Å². The molecule has 0 spiro atoms. The Morgan fingerprint density at radius 1 is 0.756 bits per heavy atom. The second-order valence-corrected chi connectivity index (χ2v) is 19.9. The van der Waals surface area contributed by atoms with Crippen LogP contribution in [0.3, 0.4) is 0 Å². The molecule has 4 nitrogen and oxygen atoms in total. The van der Waals surface area contributed by atoms with E-state index >= 15 is 0 Å². The van der Waals surface area contributed by atoms with E-state index in [1.807, 2.05) is 0 Å². The van der Waals surface area contributed by atoms with Crippen molar-refractivity contribution < 1.29 is 9.59 Å². The van der Waals surface area contributed by atoms with Gasteiger partial charge in [-0.15, -0.1) is 0 Å². The third-order valence-corrected chi connectivity index (χ3v) is 17.6. The summed E-state index contributed by atoms with van der Waals surface area (Å²) in [7, 11) is 0. The lowest BCUT2D eigenvalue weighted by atomic mass is 9.32. The van der Waals surface area contributed by atoms with Gasteiger partial charge in [-0.2, -0.15) is 0 Å². The predicted octanol–water partition coefficient (Wildman–Crippen LogP) is 9.19. The summed E-state index contributed by atoms with van der Waals surface area (Å²) in [5, 5.41) is 3.66. The van der Waals surface area contributed by atoms with Gasteiger partial charge >= 0.3 is 0 Å². The molecule has 1 aliphatic heterocycles. The molecule has 6 saturated carbocycles. The zero-order chi connectivity index (χ0) is 32.4. The van der Waals surface area contributed by atoms with Crippen LogP contribution in [0.2, 0.25) is 0 Å². The summed E-state index contributed by atoms with van der Waals surface area (Å²) in [4.78, 5) is 30.3. The highest BCUT2D eigenvalue weighted by atomic mass is 16.2. The van der Waals surface area contributed by atoms with Crippen molar-refractivity contribution in [3.05, 3.63) is 12.2 Å². The maximum absolute atomic E-state index is 14.8. The highest BCUT2D eigenvalue weighted by Gasteiger charge is 2.71. The van der Waals surface area contributed by atoms with Gasteiger partial charge in [-0.05, 0) is 147 Å². The topological polar surface area (TPSA) is 49.4 Å². The summed E-state index contributed by atoms with van der Waals surface area (Å²) >= 11 is 0. The van der Waals surface area contributed by atoms with E-state index in [0.717, 1.165) is 63.5 Å². The van der Waals surface area contributed by atoms with Gasteiger partial charge in [0.25, 0.3) is 0 Å². The fourth-order valence-electron chi connectivity index (χ4n) is 14.7. The molecular formula is C41H66N2O2. The van der Waals surface area contributed by atoms with Gasteiger partial charge in [0.2, 0.25) is 11.8 Å². The Morgan fingerprint density at radius 3 is 2.13 bits per heavy atom. The van der Waals surface area contributed by atoms with Crippen LogP contribution in [0.15, 0.2) is 12.2 Å². The largest absolute Gasteiger partial charge is 0.352 e. The molecule has 0 aromatic carbocycles. The van der Waals surface area contributed by atoms with Crippen molar-refractivity contribution in [1.29, 1.82) is 0 Å². The fourth-order valence-corrected chi connectivity index (χ4v) is 14.7. The predicted molar refractivity (Wildman–Crippen MR) is 183 cm³/mol. The summed E-state index contributed by atoms with van der Waals surface area (Å²) in [6.45, 7) is 26.4. The second kappa shape index (κ2) is 10.3. The first-order valence-electron chi connectivity index (χ1n) is 19.3. The Morgan fingerprint density at radius 2 is 1.47 bits per heavy atom. The number of nitrogens with zero attached hydrogens (tertiary/aromatic N) is 1. The summed E-state index contributed by atoms with van der Waals surface area (Å²) < 4.78 is 0. The average molecular weight is 619 g/mol. The van der Waals surface area contributed by atoms with Gasteiger partial charge in [0.05, 0.1) is 5.41 Å². The maximum atomic E-state index is 14.8. The molecule has 0 unspecified atom stereocenters. The van der Waals surface area contributed by atoms with Gasteiger partial charge in [-0.1, -0.05) is 67.0 Å². The van der Waals surface area contributed by atoms with Crippen molar-refractivity contribution in [2.75, 3.05) is 13.1 Å². The quantitative estimate of drug-likeness (QED) is 0.319. The Labute approximate surface area is 275 Å². The number of fused-ring (bicyclic) bond motifs is 7. The molecule has 4 heteroatoms. The number of hydrogen-bond donors (Lipinski definition) is 1. The van der Waals surface area contributed by atoms with Crippen molar-refractivity contribution in [3.63, 3.8) is 0 Å². The van der Waals surface area contributed by atoms with E-state index in [-0.39, 0.29) is 28.2 Å². The number of likely N-dealkylation sites (tertiary alicyclic amines) is 1. The molecule has 1 saturated heterocycles. The maximum Gasteiger partial charge on any atom is 0.226 e. The van der Waals surface area contributed by atoms with E-state index in [9.17, 15) is 9.59 Å². The minimum absolute atomic E-state index is 0.0343. The van der Waals surface area contributed by atoms with E-state index < -0.39 is 0 Å². The minimum Gasteiger partial charge on any atom is -0.352 e. The van der Waals surface area contributed by atoms with Crippen molar-refractivity contribution in [3.8, 4) is 0 Å². The Hall–Kier alpha value is -1.32. The number of nitrogens with one attached hydrogen (secondary N) is 1. The Bertz CT molecular complexity index is 1250. The normalized spacial score (nSPS) is 49.5. The number of carbonyl (C=O) groups excluding carboxylic acids is 2. The Balaban J connectivity index is 1.16.